The van der Waals surface area contributed by atoms with Crippen LogP contribution in [0.2, 0.25) is 5.02 Å². The van der Waals surface area contributed by atoms with E-state index in [1.54, 1.807) is 0 Å². The van der Waals surface area contributed by atoms with Crippen LogP contribution in [0.5, 0.6) is 0 Å². The number of nitrogens with zero attached hydrogens (tertiary/aromatic N) is 1. The molecule has 0 aliphatic carbocycles. The first-order chi connectivity index (χ1) is 9.54. The molecule has 106 valence electrons. The third-order valence-electron chi connectivity index (χ3n) is 3.18. The normalized spacial score (nSPS) is 12.4. The predicted octanol–water partition coefficient (Wildman–Crippen LogP) is 4.57. The molecular weight excluding hydrogens is 268 g/mol. The number of halogens is 1. The Labute approximate surface area is 126 Å². The van der Waals surface area contributed by atoms with E-state index in [0.717, 1.165) is 17.3 Å². The fourth-order valence-corrected chi connectivity index (χ4v) is 2.34. The van der Waals surface area contributed by atoms with Crippen molar-refractivity contribution in [3.05, 3.63) is 64.7 Å². The fourth-order valence-electron chi connectivity index (χ4n) is 2.21. The molecule has 2 rings (SSSR count). The molecule has 0 spiro atoms. The molecule has 0 aliphatic heterocycles. The van der Waals surface area contributed by atoms with E-state index >= 15 is 0 Å². The zero-order valence-corrected chi connectivity index (χ0v) is 13.0. The third kappa shape index (κ3) is 4.26. The zero-order chi connectivity index (χ0) is 14.5. The Morgan fingerprint density at radius 1 is 1.10 bits per heavy atom. The monoisotopic (exact) mass is 288 g/mol. The van der Waals surface area contributed by atoms with Crippen LogP contribution >= 0.6 is 11.6 Å². The summed E-state index contributed by atoms with van der Waals surface area (Å²) in [7, 11) is 4.16. The number of hydrogen-bond donors (Lipinski definition) is 1. The van der Waals surface area contributed by atoms with Gasteiger partial charge in [0.15, 0.2) is 0 Å². The highest BCUT2D eigenvalue weighted by Gasteiger charge is 2.05. The molecule has 0 aromatic heterocycles. The minimum absolute atomic E-state index is 0.252. The van der Waals surface area contributed by atoms with Crippen molar-refractivity contribution in [3.63, 3.8) is 0 Å². The quantitative estimate of drug-likeness (QED) is 0.867. The maximum absolute atomic E-state index is 5.92. The van der Waals surface area contributed by atoms with Crippen molar-refractivity contribution < 1.29 is 0 Å². The zero-order valence-electron chi connectivity index (χ0n) is 12.2. The van der Waals surface area contributed by atoms with Gasteiger partial charge in [0.2, 0.25) is 0 Å². The van der Waals surface area contributed by atoms with Crippen LogP contribution in [-0.2, 0) is 6.54 Å². The molecule has 1 unspecified atom stereocenters. The molecule has 0 heterocycles. The van der Waals surface area contributed by atoms with Gasteiger partial charge >= 0.3 is 0 Å². The van der Waals surface area contributed by atoms with Gasteiger partial charge < -0.3 is 10.2 Å². The second kappa shape index (κ2) is 6.78. The van der Waals surface area contributed by atoms with Gasteiger partial charge in [-0.05, 0) is 56.4 Å². The number of benzene rings is 2. The molecular formula is C17H21ClN2. The van der Waals surface area contributed by atoms with E-state index in [4.69, 9.17) is 11.6 Å². The second-order valence-corrected chi connectivity index (χ2v) is 5.79. The Bertz CT molecular complexity index is 549. The van der Waals surface area contributed by atoms with Crippen molar-refractivity contribution in [2.45, 2.75) is 19.5 Å². The predicted molar refractivity (Wildman–Crippen MR) is 87.3 cm³/mol. The molecule has 3 heteroatoms. The summed E-state index contributed by atoms with van der Waals surface area (Å²) in [5.74, 6) is 0. The molecule has 0 radical (unpaired) electrons. The molecule has 1 N–H and O–H groups in total. The van der Waals surface area contributed by atoms with Crippen LogP contribution in [-0.4, -0.2) is 19.0 Å². The lowest BCUT2D eigenvalue weighted by molar-refractivity contribution is 0.402. The van der Waals surface area contributed by atoms with Gasteiger partial charge in [0, 0.05) is 23.3 Å². The summed E-state index contributed by atoms with van der Waals surface area (Å²) in [6.45, 7) is 3.10. The van der Waals surface area contributed by atoms with Gasteiger partial charge in [-0.25, -0.2) is 0 Å². The van der Waals surface area contributed by atoms with E-state index < -0.39 is 0 Å². The summed E-state index contributed by atoms with van der Waals surface area (Å²) in [4.78, 5) is 2.17. The highest BCUT2D eigenvalue weighted by molar-refractivity contribution is 6.30. The van der Waals surface area contributed by atoms with E-state index in [1.165, 1.54) is 11.1 Å². The van der Waals surface area contributed by atoms with Gasteiger partial charge in [-0.15, -0.1) is 0 Å². The second-order valence-electron chi connectivity index (χ2n) is 5.36. The van der Waals surface area contributed by atoms with E-state index in [2.05, 4.69) is 67.6 Å². The van der Waals surface area contributed by atoms with Crippen molar-refractivity contribution >= 4 is 17.3 Å². The fraction of sp³-hybridized carbons (Fsp3) is 0.294. The van der Waals surface area contributed by atoms with Gasteiger partial charge in [-0.2, -0.15) is 0 Å². The maximum Gasteiger partial charge on any atom is 0.0485 e. The van der Waals surface area contributed by atoms with Crippen molar-refractivity contribution in [3.8, 4) is 0 Å². The lowest BCUT2D eigenvalue weighted by Gasteiger charge is -2.17. The number of rotatable bonds is 5. The van der Waals surface area contributed by atoms with Crippen LogP contribution in [0.3, 0.4) is 0 Å². The van der Waals surface area contributed by atoms with E-state index in [1.807, 2.05) is 12.1 Å². The summed E-state index contributed by atoms with van der Waals surface area (Å²) in [6, 6.07) is 16.8. The van der Waals surface area contributed by atoms with Crippen LogP contribution in [0.15, 0.2) is 48.5 Å². The molecule has 2 aromatic carbocycles. The number of anilines is 1. The summed E-state index contributed by atoms with van der Waals surface area (Å²) in [6.07, 6.45) is 0. The molecule has 0 fully saturated rings. The Morgan fingerprint density at radius 3 is 2.45 bits per heavy atom. The summed E-state index contributed by atoms with van der Waals surface area (Å²) in [5, 5.41) is 4.30. The van der Waals surface area contributed by atoms with Crippen LogP contribution in [0.25, 0.3) is 0 Å². The molecule has 1 atom stereocenters. The van der Waals surface area contributed by atoms with E-state index in [9.17, 15) is 0 Å². The van der Waals surface area contributed by atoms with Crippen molar-refractivity contribution in [2.75, 3.05) is 19.4 Å². The van der Waals surface area contributed by atoms with E-state index in [0.29, 0.717) is 0 Å². The van der Waals surface area contributed by atoms with Crippen LogP contribution < -0.4 is 5.32 Å². The van der Waals surface area contributed by atoms with Crippen LogP contribution in [0.1, 0.15) is 24.1 Å². The van der Waals surface area contributed by atoms with Gasteiger partial charge in [0.05, 0.1) is 0 Å². The Hall–Kier alpha value is -1.51. The lowest BCUT2D eigenvalue weighted by Crippen LogP contribution is -2.11. The topological polar surface area (TPSA) is 15.3 Å². The smallest absolute Gasteiger partial charge is 0.0485 e. The minimum atomic E-state index is 0.252. The molecule has 2 nitrogen and oxygen atoms in total. The maximum atomic E-state index is 5.92. The standard InChI is InChI=1S/C17H21ClN2/c1-13(15-7-9-16(18)10-8-15)19-17-6-4-5-14(11-17)12-20(2)3/h4-11,13,19H,12H2,1-3H3. The molecule has 20 heavy (non-hydrogen) atoms. The molecule has 0 aliphatic rings. The molecule has 0 amide bonds. The van der Waals surface area contributed by atoms with Crippen molar-refractivity contribution in [1.29, 1.82) is 0 Å². The molecule has 0 bridgehead atoms. The number of hydrogen-bond acceptors (Lipinski definition) is 2. The average molecular weight is 289 g/mol. The summed E-state index contributed by atoms with van der Waals surface area (Å²) in [5.41, 5.74) is 3.68. The molecule has 0 saturated heterocycles. The van der Waals surface area contributed by atoms with Gasteiger partial charge in [0.1, 0.15) is 0 Å². The third-order valence-corrected chi connectivity index (χ3v) is 3.43. The first-order valence-corrected chi connectivity index (χ1v) is 7.18. The lowest BCUT2D eigenvalue weighted by atomic mass is 10.1. The summed E-state index contributed by atoms with van der Waals surface area (Å²) >= 11 is 5.92. The number of nitrogens with one attached hydrogen (secondary N) is 1. The highest BCUT2D eigenvalue weighted by atomic mass is 35.5. The largest absolute Gasteiger partial charge is 0.379 e. The van der Waals surface area contributed by atoms with Crippen LogP contribution in [0.4, 0.5) is 5.69 Å². The Balaban J connectivity index is 2.07. The molecule has 2 aromatic rings. The highest BCUT2D eigenvalue weighted by Crippen LogP contribution is 2.21. The van der Waals surface area contributed by atoms with Gasteiger partial charge in [0.25, 0.3) is 0 Å². The van der Waals surface area contributed by atoms with Gasteiger partial charge in [-0.1, -0.05) is 35.9 Å². The SMILES string of the molecule is CC(Nc1cccc(CN(C)C)c1)c1ccc(Cl)cc1. The first kappa shape index (κ1) is 14.9. The Morgan fingerprint density at radius 2 is 1.80 bits per heavy atom. The first-order valence-electron chi connectivity index (χ1n) is 6.80. The Kier molecular flexibility index (Phi) is 5.05. The van der Waals surface area contributed by atoms with Crippen LogP contribution in [0, 0.1) is 0 Å². The minimum Gasteiger partial charge on any atom is -0.379 e. The van der Waals surface area contributed by atoms with Gasteiger partial charge in [-0.3, -0.25) is 0 Å². The van der Waals surface area contributed by atoms with Crippen molar-refractivity contribution in [2.24, 2.45) is 0 Å². The summed E-state index contributed by atoms with van der Waals surface area (Å²) < 4.78 is 0. The average Bonchev–Trinajstić information content (AvgIpc) is 2.39. The van der Waals surface area contributed by atoms with E-state index in [-0.39, 0.29) is 6.04 Å². The van der Waals surface area contributed by atoms with Crippen molar-refractivity contribution in [1.82, 2.24) is 4.90 Å². The molecule has 0 saturated carbocycles.